The topological polar surface area (TPSA) is 121 Å². The fourth-order valence-electron chi connectivity index (χ4n) is 7.49. The Bertz CT molecular complexity index is 818. The van der Waals surface area contributed by atoms with Crippen LogP contribution in [0.25, 0.3) is 0 Å². The molecule has 30 heavy (non-hydrogen) atoms. The first-order valence-corrected chi connectivity index (χ1v) is 10.9. The number of ketones is 2. The molecular weight excluding hydrogens is 388 g/mol. The molecule has 0 amide bonds. The molecule has 7 heteroatoms. The van der Waals surface area contributed by atoms with Crippen LogP contribution in [-0.2, 0) is 19.1 Å². The molecule has 3 saturated carbocycles. The van der Waals surface area contributed by atoms with Crippen molar-refractivity contribution in [2.75, 3.05) is 6.61 Å². The summed E-state index contributed by atoms with van der Waals surface area (Å²) in [5.41, 5.74) is -2.29. The van der Waals surface area contributed by atoms with Gasteiger partial charge in [-0.15, -0.1) is 0 Å². The van der Waals surface area contributed by atoms with Crippen molar-refractivity contribution in [2.45, 2.75) is 77.1 Å². The van der Waals surface area contributed by atoms with Crippen LogP contribution in [0.15, 0.2) is 11.6 Å². The molecule has 0 bridgehead atoms. The van der Waals surface area contributed by atoms with E-state index < -0.39 is 47.0 Å². The summed E-state index contributed by atoms with van der Waals surface area (Å²) in [6.45, 7) is 4.62. The average molecular weight is 421 g/mol. The number of fused-ring (bicyclic) bond motifs is 5. The predicted octanol–water partition coefficient (Wildman–Crippen LogP) is 1.32. The normalized spacial score (nSPS) is 47.6. The Balaban J connectivity index is 1.69. The van der Waals surface area contributed by atoms with Crippen LogP contribution in [0, 0.1) is 28.6 Å². The molecule has 0 aromatic carbocycles. The zero-order chi connectivity index (χ0) is 22.1. The van der Waals surface area contributed by atoms with E-state index >= 15 is 0 Å². The molecule has 4 rings (SSSR count). The van der Waals surface area contributed by atoms with E-state index in [2.05, 4.69) is 0 Å². The quantitative estimate of drug-likeness (QED) is 0.589. The SMILES string of the molecule is CC(=O)OCC(=O)[C@@]1(O)CC[C@@H]2[C@@H]3C[C@@H](O)C4=CC(=O)CC[C@]4(C)[C@H]3[C@@H](O)C[C@@]21C. The van der Waals surface area contributed by atoms with E-state index in [-0.39, 0.29) is 36.4 Å². The first kappa shape index (κ1) is 21.7. The molecule has 4 aliphatic carbocycles. The average Bonchev–Trinajstić information content (AvgIpc) is 2.93. The van der Waals surface area contributed by atoms with Crippen LogP contribution in [0.4, 0.5) is 0 Å². The van der Waals surface area contributed by atoms with E-state index in [1.54, 1.807) is 6.08 Å². The van der Waals surface area contributed by atoms with E-state index in [1.165, 1.54) is 6.92 Å². The summed E-state index contributed by atoms with van der Waals surface area (Å²) >= 11 is 0. The molecule has 0 aromatic heterocycles. The minimum absolute atomic E-state index is 0.0152. The number of Topliss-reactive ketones (excluding diaryl/α,β-unsaturated/α-hetero) is 1. The number of esters is 1. The van der Waals surface area contributed by atoms with E-state index in [0.717, 1.165) is 5.57 Å². The fraction of sp³-hybridized carbons (Fsp3) is 0.783. The van der Waals surface area contributed by atoms with Gasteiger partial charge in [0.1, 0.15) is 5.60 Å². The van der Waals surface area contributed by atoms with Crippen LogP contribution >= 0.6 is 0 Å². The molecule has 8 atom stereocenters. The molecular formula is C23H32O7. The molecule has 3 fully saturated rings. The van der Waals surface area contributed by atoms with Crippen molar-refractivity contribution >= 4 is 17.5 Å². The smallest absolute Gasteiger partial charge is 0.303 e. The second-order valence-corrected chi connectivity index (χ2v) is 10.3. The van der Waals surface area contributed by atoms with Gasteiger partial charge in [-0.05, 0) is 66.9 Å². The van der Waals surface area contributed by atoms with Gasteiger partial charge in [0.2, 0.25) is 5.78 Å². The minimum Gasteiger partial charge on any atom is -0.458 e. The van der Waals surface area contributed by atoms with Crippen molar-refractivity contribution in [1.29, 1.82) is 0 Å². The number of hydrogen-bond donors (Lipinski definition) is 3. The number of hydrogen-bond acceptors (Lipinski definition) is 7. The van der Waals surface area contributed by atoms with Gasteiger partial charge in [-0.1, -0.05) is 13.8 Å². The van der Waals surface area contributed by atoms with Crippen LogP contribution < -0.4 is 0 Å². The third kappa shape index (κ3) is 2.85. The largest absolute Gasteiger partial charge is 0.458 e. The highest BCUT2D eigenvalue weighted by atomic mass is 16.5. The Morgan fingerprint density at radius 3 is 2.60 bits per heavy atom. The Morgan fingerprint density at radius 1 is 1.23 bits per heavy atom. The van der Waals surface area contributed by atoms with Crippen molar-refractivity contribution in [3.8, 4) is 0 Å². The summed E-state index contributed by atoms with van der Waals surface area (Å²) in [7, 11) is 0. The van der Waals surface area contributed by atoms with Gasteiger partial charge < -0.3 is 20.1 Å². The fourth-order valence-corrected chi connectivity index (χ4v) is 7.49. The lowest BCUT2D eigenvalue weighted by atomic mass is 9.45. The first-order valence-electron chi connectivity index (χ1n) is 10.9. The van der Waals surface area contributed by atoms with Crippen LogP contribution in [0.2, 0.25) is 0 Å². The lowest BCUT2D eigenvalue weighted by molar-refractivity contribution is -0.188. The highest BCUT2D eigenvalue weighted by Crippen LogP contribution is 2.67. The first-order chi connectivity index (χ1) is 13.9. The number of carbonyl (C=O) groups is 3. The summed E-state index contributed by atoms with van der Waals surface area (Å²) in [5, 5.41) is 33.7. The maximum absolute atomic E-state index is 12.9. The minimum atomic E-state index is -1.68. The highest BCUT2D eigenvalue weighted by molar-refractivity contribution is 5.92. The van der Waals surface area contributed by atoms with E-state index in [1.807, 2.05) is 13.8 Å². The molecule has 0 saturated heterocycles. The molecule has 0 heterocycles. The highest BCUT2D eigenvalue weighted by Gasteiger charge is 2.69. The molecule has 4 aliphatic rings. The zero-order valence-corrected chi connectivity index (χ0v) is 17.9. The summed E-state index contributed by atoms with van der Waals surface area (Å²) in [5.74, 6) is -1.35. The van der Waals surface area contributed by atoms with Gasteiger partial charge in [0.15, 0.2) is 12.4 Å². The second kappa shape index (κ2) is 6.97. The third-order valence-electron chi connectivity index (χ3n) is 8.93. The van der Waals surface area contributed by atoms with E-state index in [4.69, 9.17) is 4.74 Å². The standard InChI is InChI=1S/C23H32O7/c1-12(24)30-11-19(28)23(29)7-5-15-14-9-17(26)16-8-13(25)4-6-21(16,2)20(14)18(27)10-22(15,23)3/h8,14-15,17-18,20,26-27,29H,4-7,9-11H2,1-3H3/t14-,15+,17+,18-,20+,21-,22-,23-/m0/s1. The van der Waals surface area contributed by atoms with Crippen molar-refractivity contribution in [2.24, 2.45) is 28.6 Å². The van der Waals surface area contributed by atoms with Gasteiger partial charge in [0, 0.05) is 18.8 Å². The summed E-state index contributed by atoms with van der Waals surface area (Å²) in [6, 6.07) is 0. The third-order valence-corrected chi connectivity index (χ3v) is 8.93. The van der Waals surface area contributed by atoms with Crippen LogP contribution in [-0.4, -0.2) is 57.3 Å². The number of rotatable bonds is 3. The molecule has 3 N–H and O–H groups in total. The number of aliphatic hydroxyl groups excluding tert-OH is 2. The van der Waals surface area contributed by atoms with Gasteiger partial charge in [0.05, 0.1) is 12.2 Å². The maximum Gasteiger partial charge on any atom is 0.303 e. The predicted molar refractivity (Wildman–Crippen MR) is 106 cm³/mol. The van der Waals surface area contributed by atoms with E-state index in [0.29, 0.717) is 25.7 Å². The maximum atomic E-state index is 12.9. The van der Waals surface area contributed by atoms with Gasteiger partial charge >= 0.3 is 5.97 Å². The lowest BCUT2D eigenvalue weighted by Gasteiger charge is -2.61. The number of ether oxygens (including phenoxy) is 1. The number of aliphatic hydroxyl groups is 3. The van der Waals surface area contributed by atoms with Gasteiger partial charge in [-0.2, -0.15) is 0 Å². The van der Waals surface area contributed by atoms with Gasteiger partial charge in [-0.3, -0.25) is 14.4 Å². The van der Waals surface area contributed by atoms with Crippen LogP contribution in [0.5, 0.6) is 0 Å². The van der Waals surface area contributed by atoms with Crippen molar-refractivity contribution in [3.63, 3.8) is 0 Å². The second-order valence-electron chi connectivity index (χ2n) is 10.3. The van der Waals surface area contributed by atoms with Crippen LogP contribution in [0.1, 0.15) is 59.3 Å². The Morgan fingerprint density at radius 2 is 1.93 bits per heavy atom. The van der Waals surface area contributed by atoms with Crippen molar-refractivity contribution in [1.82, 2.24) is 0 Å². The van der Waals surface area contributed by atoms with Crippen LogP contribution in [0.3, 0.4) is 0 Å². The summed E-state index contributed by atoms with van der Waals surface area (Å²) in [4.78, 5) is 36.0. The Hall–Kier alpha value is -1.57. The molecule has 7 nitrogen and oxygen atoms in total. The molecule has 0 aromatic rings. The molecule has 0 aliphatic heterocycles. The van der Waals surface area contributed by atoms with Crippen molar-refractivity contribution in [3.05, 3.63) is 11.6 Å². The molecule has 166 valence electrons. The number of carbonyl (C=O) groups excluding carboxylic acids is 3. The molecule has 0 spiro atoms. The lowest BCUT2D eigenvalue weighted by Crippen LogP contribution is -2.63. The Kier molecular flexibility index (Phi) is 5.03. The zero-order valence-electron chi connectivity index (χ0n) is 17.9. The molecule has 0 unspecified atom stereocenters. The van der Waals surface area contributed by atoms with E-state index in [9.17, 15) is 29.7 Å². The summed E-state index contributed by atoms with van der Waals surface area (Å²) < 4.78 is 4.86. The van der Waals surface area contributed by atoms with Crippen molar-refractivity contribution < 1.29 is 34.4 Å². The van der Waals surface area contributed by atoms with Gasteiger partial charge in [-0.25, -0.2) is 0 Å². The van der Waals surface area contributed by atoms with Gasteiger partial charge in [0.25, 0.3) is 0 Å². The molecule has 0 radical (unpaired) electrons. The summed E-state index contributed by atoms with van der Waals surface area (Å²) in [6.07, 6.45) is 2.54. The monoisotopic (exact) mass is 420 g/mol. The Labute approximate surface area is 176 Å².